The average molecular weight is 509 g/mol. The second-order valence-corrected chi connectivity index (χ2v) is 8.09. The molecule has 1 N–H and O–H groups in total. The minimum Gasteiger partial charge on any atom is -0.462 e. The van der Waals surface area contributed by atoms with E-state index in [0.29, 0.717) is 17.7 Å². The van der Waals surface area contributed by atoms with Crippen molar-refractivity contribution in [2.45, 2.75) is 25.5 Å². The summed E-state index contributed by atoms with van der Waals surface area (Å²) in [5.74, 6) is -0.199. The number of carbonyl (C=O) groups is 2. The molecule has 0 aliphatic heterocycles. The van der Waals surface area contributed by atoms with Crippen molar-refractivity contribution in [3.63, 3.8) is 0 Å². The summed E-state index contributed by atoms with van der Waals surface area (Å²) >= 11 is 3.60. The largest absolute Gasteiger partial charge is 0.462 e. The van der Waals surface area contributed by atoms with Gasteiger partial charge in [0.1, 0.15) is 0 Å². The summed E-state index contributed by atoms with van der Waals surface area (Å²) in [5, 5.41) is 3.63. The molecule has 0 saturated carbocycles. The normalized spacial score (nSPS) is 10.8. The van der Waals surface area contributed by atoms with E-state index in [9.17, 15) is 9.59 Å². The maximum absolute atomic E-state index is 12.3. The number of anilines is 1. The fourth-order valence-electron chi connectivity index (χ4n) is 2.73. The lowest BCUT2D eigenvalue weighted by Crippen LogP contribution is -2.14. The van der Waals surface area contributed by atoms with Gasteiger partial charge >= 0.3 is 5.97 Å². The van der Waals surface area contributed by atoms with Crippen LogP contribution in [0.5, 0.6) is 0 Å². The summed E-state index contributed by atoms with van der Waals surface area (Å²) in [7, 11) is 0. The minimum absolute atomic E-state index is 0.0897. The zero-order valence-corrected chi connectivity index (χ0v) is 18.5. The Morgan fingerprint density at radius 1 is 1.18 bits per heavy atom. The summed E-state index contributed by atoms with van der Waals surface area (Å²) in [6, 6.07) is 13.0. The number of aryl methyl sites for hydroxylation is 1. The number of benzene rings is 2. The Kier molecular flexibility index (Phi) is 6.95. The first kappa shape index (κ1) is 20.7. The van der Waals surface area contributed by atoms with Crippen LogP contribution in [0.1, 0.15) is 24.2 Å². The van der Waals surface area contributed by atoms with Gasteiger partial charge in [-0.15, -0.1) is 0 Å². The molecule has 0 bridgehead atoms. The SMILES string of the molecule is CCOC(=O)c1ccc2c(c1)nc(SCC(=O)Nc1ccc(I)cc1)n2CC. The number of rotatable bonds is 7. The van der Waals surface area contributed by atoms with E-state index in [1.54, 1.807) is 19.1 Å². The van der Waals surface area contributed by atoms with E-state index in [1.807, 2.05) is 41.8 Å². The number of hydrogen-bond acceptors (Lipinski definition) is 5. The topological polar surface area (TPSA) is 73.2 Å². The number of thioether (sulfide) groups is 1. The Morgan fingerprint density at radius 3 is 2.61 bits per heavy atom. The first-order valence-electron chi connectivity index (χ1n) is 8.87. The van der Waals surface area contributed by atoms with E-state index in [-0.39, 0.29) is 17.6 Å². The number of imidazole rings is 1. The fourth-order valence-corrected chi connectivity index (χ4v) is 3.96. The molecule has 6 nitrogen and oxygen atoms in total. The van der Waals surface area contributed by atoms with Crippen molar-refractivity contribution in [1.29, 1.82) is 0 Å². The van der Waals surface area contributed by atoms with Crippen LogP contribution >= 0.6 is 34.4 Å². The van der Waals surface area contributed by atoms with Gasteiger partial charge in [0.2, 0.25) is 5.91 Å². The van der Waals surface area contributed by atoms with E-state index in [2.05, 4.69) is 32.9 Å². The van der Waals surface area contributed by atoms with Gasteiger partial charge in [0, 0.05) is 15.8 Å². The Balaban J connectivity index is 1.73. The van der Waals surface area contributed by atoms with E-state index in [1.165, 1.54) is 11.8 Å². The van der Waals surface area contributed by atoms with Crippen LogP contribution in [-0.4, -0.2) is 33.8 Å². The van der Waals surface area contributed by atoms with Crippen molar-refractivity contribution >= 4 is 63.0 Å². The van der Waals surface area contributed by atoms with Gasteiger partial charge in [-0.2, -0.15) is 0 Å². The van der Waals surface area contributed by atoms with Gasteiger partial charge in [-0.1, -0.05) is 11.8 Å². The standard InChI is InChI=1S/C20H20IN3O3S/c1-3-24-17-10-5-13(19(26)27-4-2)11-16(17)23-20(24)28-12-18(25)22-15-8-6-14(21)7-9-15/h5-11H,3-4,12H2,1-2H3,(H,22,25). The number of hydrogen-bond donors (Lipinski definition) is 1. The van der Waals surface area contributed by atoms with Crippen molar-refractivity contribution in [2.75, 3.05) is 17.7 Å². The molecule has 3 rings (SSSR count). The fraction of sp³-hybridized carbons (Fsp3) is 0.250. The molecule has 0 aliphatic rings. The number of aromatic nitrogens is 2. The third-order valence-corrected chi connectivity index (χ3v) is 5.70. The summed E-state index contributed by atoms with van der Waals surface area (Å²) in [6.07, 6.45) is 0. The van der Waals surface area contributed by atoms with Crippen molar-refractivity contribution in [3.05, 3.63) is 51.6 Å². The third kappa shape index (κ3) is 4.85. The van der Waals surface area contributed by atoms with Crippen molar-refractivity contribution in [3.8, 4) is 0 Å². The molecule has 1 aromatic heterocycles. The van der Waals surface area contributed by atoms with Crippen LogP contribution in [0.4, 0.5) is 5.69 Å². The predicted molar refractivity (Wildman–Crippen MR) is 120 cm³/mol. The maximum atomic E-state index is 12.3. The van der Waals surface area contributed by atoms with Crippen LogP contribution in [0, 0.1) is 3.57 Å². The Morgan fingerprint density at radius 2 is 1.93 bits per heavy atom. The molecule has 3 aromatic rings. The van der Waals surface area contributed by atoms with Crippen LogP contribution in [0.15, 0.2) is 47.6 Å². The summed E-state index contributed by atoms with van der Waals surface area (Å²) in [4.78, 5) is 28.8. The van der Waals surface area contributed by atoms with E-state index >= 15 is 0 Å². The van der Waals surface area contributed by atoms with Crippen LogP contribution in [-0.2, 0) is 16.1 Å². The number of nitrogens with one attached hydrogen (secondary N) is 1. The highest BCUT2D eigenvalue weighted by molar-refractivity contribution is 14.1. The summed E-state index contributed by atoms with van der Waals surface area (Å²) < 4.78 is 8.20. The van der Waals surface area contributed by atoms with Crippen LogP contribution in [0.25, 0.3) is 11.0 Å². The molecule has 28 heavy (non-hydrogen) atoms. The van der Waals surface area contributed by atoms with E-state index in [4.69, 9.17) is 4.74 Å². The van der Waals surface area contributed by atoms with Crippen molar-refractivity contribution < 1.29 is 14.3 Å². The number of halogens is 1. The molecule has 0 spiro atoms. The molecular formula is C20H20IN3O3S. The van der Waals surface area contributed by atoms with Crippen LogP contribution < -0.4 is 5.32 Å². The smallest absolute Gasteiger partial charge is 0.338 e. The van der Waals surface area contributed by atoms with Crippen molar-refractivity contribution in [2.24, 2.45) is 0 Å². The van der Waals surface area contributed by atoms with Gasteiger partial charge in [-0.05, 0) is 78.9 Å². The molecule has 0 atom stereocenters. The Labute approximate surface area is 181 Å². The summed E-state index contributed by atoms with van der Waals surface area (Å²) in [6.45, 7) is 4.85. The molecule has 1 heterocycles. The van der Waals surface area contributed by atoms with Crippen LogP contribution in [0.2, 0.25) is 0 Å². The highest BCUT2D eigenvalue weighted by Crippen LogP contribution is 2.25. The van der Waals surface area contributed by atoms with Crippen molar-refractivity contribution in [1.82, 2.24) is 9.55 Å². The molecule has 8 heteroatoms. The molecular weight excluding hydrogens is 489 g/mol. The lowest BCUT2D eigenvalue weighted by molar-refractivity contribution is -0.113. The zero-order chi connectivity index (χ0) is 20.1. The maximum Gasteiger partial charge on any atom is 0.338 e. The van der Waals surface area contributed by atoms with Crippen LogP contribution in [0.3, 0.4) is 0 Å². The number of fused-ring (bicyclic) bond motifs is 1. The third-order valence-electron chi connectivity index (χ3n) is 4.00. The lowest BCUT2D eigenvalue weighted by Gasteiger charge is -2.07. The zero-order valence-electron chi connectivity index (χ0n) is 15.6. The molecule has 2 aromatic carbocycles. The van der Waals surface area contributed by atoms with Gasteiger partial charge in [0.25, 0.3) is 0 Å². The first-order chi connectivity index (χ1) is 13.5. The number of carbonyl (C=O) groups excluding carboxylic acids is 2. The number of amides is 1. The van der Waals surface area contributed by atoms with Gasteiger partial charge in [-0.25, -0.2) is 9.78 Å². The second kappa shape index (κ2) is 9.42. The second-order valence-electron chi connectivity index (χ2n) is 5.91. The predicted octanol–water partition coefficient (Wildman–Crippen LogP) is 4.57. The summed E-state index contributed by atoms with van der Waals surface area (Å²) in [5.41, 5.74) is 2.89. The number of ether oxygens (including phenoxy) is 1. The molecule has 0 fully saturated rings. The number of esters is 1. The first-order valence-corrected chi connectivity index (χ1v) is 10.9. The molecule has 0 aliphatic carbocycles. The minimum atomic E-state index is -0.360. The van der Waals surface area contributed by atoms with E-state index < -0.39 is 0 Å². The van der Waals surface area contributed by atoms with E-state index in [0.717, 1.165) is 26.5 Å². The highest BCUT2D eigenvalue weighted by Gasteiger charge is 2.15. The average Bonchev–Trinajstić information content (AvgIpc) is 3.05. The molecule has 1 amide bonds. The molecule has 0 saturated heterocycles. The quantitative estimate of drug-likeness (QED) is 0.287. The molecule has 146 valence electrons. The Hall–Kier alpha value is -2.07. The van der Waals surface area contributed by atoms with Gasteiger partial charge in [0.05, 0.1) is 29.0 Å². The number of nitrogens with zero attached hydrogens (tertiary/aromatic N) is 2. The highest BCUT2D eigenvalue weighted by atomic mass is 127. The van der Waals surface area contributed by atoms with Gasteiger partial charge in [-0.3, -0.25) is 4.79 Å². The monoisotopic (exact) mass is 509 g/mol. The van der Waals surface area contributed by atoms with Gasteiger partial charge in [0.15, 0.2) is 5.16 Å². The molecule has 0 radical (unpaired) electrons. The Bertz CT molecular complexity index is 1000. The lowest BCUT2D eigenvalue weighted by atomic mass is 10.2. The molecule has 0 unspecified atom stereocenters. The van der Waals surface area contributed by atoms with Gasteiger partial charge < -0.3 is 14.6 Å².